The van der Waals surface area contributed by atoms with Crippen molar-refractivity contribution in [2.75, 3.05) is 6.79 Å². The molecular formula is C28H26N2O4. The molecular weight excluding hydrogens is 428 g/mol. The Kier molecular flexibility index (Phi) is 5.01. The molecule has 0 saturated heterocycles. The standard InChI is InChI=1S/C28H26N2O4/c1-17-5-4-6-19(13-17)26-25(21-7-2-3-8-22(21)28(32)30(26)20-10-11-20)27(31)29-15-18-9-12-23-24(14-18)34-16-33-23/h2-9,12-14,20,25-26H,10-11,15-16H2,1H3,(H,29,31). The molecule has 2 aliphatic heterocycles. The lowest BCUT2D eigenvalue weighted by atomic mass is 9.78. The van der Waals surface area contributed by atoms with Crippen LogP contribution in [-0.2, 0) is 11.3 Å². The third kappa shape index (κ3) is 3.59. The molecule has 2 amide bonds. The average Bonchev–Trinajstić information content (AvgIpc) is 3.58. The minimum atomic E-state index is -0.495. The van der Waals surface area contributed by atoms with Gasteiger partial charge < -0.3 is 19.7 Å². The van der Waals surface area contributed by atoms with Gasteiger partial charge in [0.25, 0.3) is 5.91 Å². The summed E-state index contributed by atoms with van der Waals surface area (Å²) in [5.74, 6) is 0.844. The maximum absolute atomic E-state index is 13.8. The number of fused-ring (bicyclic) bond motifs is 2. The topological polar surface area (TPSA) is 67.9 Å². The van der Waals surface area contributed by atoms with Crippen LogP contribution in [0.4, 0.5) is 0 Å². The van der Waals surface area contributed by atoms with Crippen molar-refractivity contribution in [1.82, 2.24) is 10.2 Å². The fraction of sp³-hybridized carbons (Fsp3) is 0.286. The van der Waals surface area contributed by atoms with Gasteiger partial charge in [0.2, 0.25) is 12.7 Å². The van der Waals surface area contributed by atoms with Gasteiger partial charge in [-0.3, -0.25) is 9.59 Å². The molecule has 2 atom stereocenters. The zero-order valence-corrected chi connectivity index (χ0v) is 19.0. The highest BCUT2D eigenvalue weighted by Crippen LogP contribution is 2.47. The van der Waals surface area contributed by atoms with Crippen molar-refractivity contribution in [3.8, 4) is 11.5 Å². The quantitative estimate of drug-likeness (QED) is 0.617. The van der Waals surface area contributed by atoms with Crippen LogP contribution in [0.5, 0.6) is 11.5 Å². The van der Waals surface area contributed by atoms with Gasteiger partial charge in [-0.2, -0.15) is 0 Å². The van der Waals surface area contributed by atoms with Crippen molar-refractivity contribution in [3.05, 3.63) is 94.5 Å². The minimum absolute atomic E-state index is 0.0180. The van der Waals surface area contributed by atoms with Crippen LogP contribution < -0.4 is 14.8 Å². The van der Waals surface area contributed by atoms with E-state index in [0.29, 0.717) is 17.9 Å². The van der Waals surface area contributed by atoms with Gasteiger partial charge in [0, 0.05) is 18.2 Å². The van der Waals surface area contributed by atoms with Crippen molar-refractivity contribution < 1.29 is 19.1 Å². The Labute approximate surface area is 198 Å². The molecule has 0 spiro atoms. The summed E-state index contributed by atoms with van der Waals surface area (Å²) in [5, 5.41) is 3.14. The van der Waals surface area contributed by atoms with E-state index in [9.17, 15) is 9.59 Å². The molecule has 1 saturated carbocycles. The van der Waals surface area contributed by atoms with Crippen LogP contribution in [0.2, 0.25) is 0 Å². The Morgan fingerprint density at radius 3 is 2.65 bits per heavy atom. The molecule has 172 valence electrons. The highest BCUT2D eigenvalue weighted by Gasteiger charge is 2.49. The summed E-state index contributed by atoms with van der Waals surface area (Å²) in [6.45, 7) is 2.62. The summed E-state index contributed by atoms with van der Waals surface area (Å²) in [5.41, 5.74) is 4.46. The number of hydrogen-bond acceptors (Lipinski definition) is 4. The van der Waals surface area contributed by atoms with Crippen molar-refractivity contribution in [2.24, 2.45) is 0 Å². The van der Waals surface area contributed by atoms with Crippen molar-refractivity contribution in [1.29, 1.82) is 0 Å². The van der Waals surface area contributed by atoms with Gasteiger partial charge in [-0.15, -0.1) is 0 Å². The van der Waals surface area contributed by atoms with E-state index in [1.54, 1.807) is 0 Å². The molecule has 6 nitrogen and oxygen atoms in total. The third-order valence-electron chi connectivity index (χ3n) is 6.89. The van der Waals surface area contributed by atoms with Crippen LogP contribution in [0.3, 0.4) is 0 Å². The second-order valence-electron chi connectivity index (χ2n) is 9.27. The van der Waals surface area contributed by atoms with Gasteiger partial charge in [0.1, 0.15) is 0 Å². The molecule has 1 aliphatic carbocycles. The molecule has 3 aromatic carbocycles. The van der Waals surface area contributed by atoms with E-state index in [-0.39, 0.29) is 30.7 Å². The van der Waals surface area contributed by atoms with E-state index in [1.807, 2.05) is 72.5 Å². The number of hydrogen-bond donors (Lipinski definition) is 1. The molecule has 34 heavy (non-hydrogen) atoms. The normalized spacial score (nSPS) is 20.7. The molecule has 1 N–H and O–H groups in total. The van der Waals surface area contributed by atoms with Crippen molar-refractivity contribution in [2.45, 2.75) is 44.3 Å². The lowest BCUT2D eigenvalue weighted by Crippen LogP contribution is -2.48. The average molecular weight is 455 g/mol. The summed E-state index contributed by atoms with van der Waals surface area (Å²) < 4.78 is 10.9. The Bertz CT molecular complexity index is 1280. The van der Waals surface area contributed by atoms with E-state index in [2.05, 4.69) is 11.4 Å². The largest absolute Gasteiger partial charge is 0.454 e. The van der Waals surface area contributed by atoms with E-state index in [0.717, 1.165) is 40.8 Å². The second-order valence-corrected chi connectivity index (χ2v) is 9.27. The SMILES string of the molecule is Cc1cccc(C2C(C(=O)NCc3ccc4c(c3)OCO4)c3ccccc3C(=O)N2C2CC2)c1. The predicted molar refractivity (Wildman–Crippen MR) is 127 cm³/mol. The molecule has 0 aromatic heterocycles. The van der Waals surface area contributed by atoms with Crippen molar-refractivity contribution in [3.63, 3.8) is 0 Å². The van der Waals surface area contributed by atoms with Gasteiger partial charge >= 0.3 is 0 Å². The molecule has 6 heteroatoms. The summed E-state index contributed by atoms with van der Waals surface area (Å²) in [7, 11) is 0. The van der Waals surface area contributed by atoms with E-state index < -0.39 is 5.92 Å². The van der Waals surface area contributed by atoms with Crippen molar-refractivity contribution >= 4 is 11.8 Å². The number of nitrogens with zero attached hydrogens (tertiary/aromatic N) is 1. The van der Waals surface area contributed by atoms with Crippen LogP contribution in [0, 0.1) is 6.92 Å². The monoisotopic (exact) mass is 454 g/mol. The van der Waals surface area contributed by atoms with Gasteiger partial charge in [0.15, 0.2) is 11.5 Å². The highest BCUT2D eigenvalue weighted by atomic mass is 16.7. The number of carbonyl (C=O) groups is 2. The van der Waals surface area contributed by atoms with E-state index in [1.165, 1.54) is 0 Å². The smallest absolute Gasteiger partial charge is 0.254 e. The molecule has 2 heterocycles. The predicted octanol–water partition coefficient (Wildman–Crippen LogP) is 4.48. The summed E-state index contributed by atoms with van der Waals surface area (Å²) >= 11 is 0. The Hall–Kier alpha value is -3.80. The fourth-order valence-electron chi connectivity index (χ4n) is 5.15. The van der Waals surface area contributed by atoms with Crippen LogP contribution in [0.1, 0.15) is 57.4 Å². The first-order valence-electron chi connectivity index (χ1n) is 11.7. The number of carbonyl (C=O) groups excluding carboxylic acids is 2. The number of rotatable bonds is 5. The van der Waals surface area contributed by atoms with Gasteiger partial charge in [-0.05, 0) is 54.7 Å². The summed E-state index contributed by atoms with van der Waals surface area (Å²) in [6.07, 6.45) is 1.95. The number of ether oxygens (including phenoxy) is 2. The minimum Gasteiger partial charge on any atom is -0.454 e. The molecule has 3 aliphatic rings. The van der Waals surface area contributed by atoms with Crippen LogP contribution in [0.25, 0.3) is 0 Å². The summed E-state index contributed by atoms with van der Waals surface area (Å²) in [4.78, 5) is 29.4. The molecule has 0 radical (unpaired) electrons. The number of benzene rings is 3. The lowest BCUT2D eigenvalue weighted by Gasteiger charge is -2.42. The zero-order chi connectivity index (χ0) is 23.2. The maximum Gasteiger partial charge on any atom is 0.254 e. The lowest BCUT2D eigenvalue weighted by molar-refractivity contribution is -0.124. The second kappa shape index (κ2) is 8.20. The molecule has 3 aromatic rings. The zero-order valence-electron chi connectivity index (χ0n) is 19.0. The first kappa shape index (κ1) is 20.8. The van der Waals surface area contributed by atoms with Crippen LogP contribution in [0.15, 0.2) is 66.7 Å². The highest BCUT2D eigenvalue weighted by molar-refractivity contribution is 6.01. The first-order valence-corrected chi connectivity index (χ1v) is 11.7. The van der Waals surface area contributed by atoms with E-state index >= 15 is 0 Å². The Morgan fingerprint density at radius 1 is 1.00 bits per heavy atom. The number of aryl methyl sites for hydroxylation is 1. The number of nitrogens with one attached hydrogen (secondary N) is 1. The maximum atomic E-state index is 13.8. The fourth-order valence-corrected chi connectivity index (χ4v) is 5.15. The molecule has 1 fully saturated rings. The van der Waals surface area contributed by atoms with Gasteiger partial charge in [-0.25, -0.2) is 0 Å². The Morgan fingerprint density at radius 2 is 1.82 bits per heavy atom. The molecule has 6 rings (SSSR count). The summed E-state index contributed by atoms with van der Waals surface area (Å²) in [6, 6.07) is 21.2. The molecule has 0 bridgehead atoms. The number of amides is 2. The van der Waals surface area contributed by atoms with Gasteiger partial charge in [0.05, 0.1) is 12.0 Å². The van der Waals surface area contributed by atoms with Crippen LogP contribution in [-0.4, -0.2) is 29.5 Å². The van der Waals surface area contributed by atoms with Gasteiger partial charge in [-0.1, -0.05) is 54.1 Å². The third-order valence-corrected chi connectivity index (χ3v) is 6.89. The van der Waals surface area contributed by atoms with Crippen LogP contribution >= 0.6 is 0 Å². The van der Waals surface area contributed by atoms with E-state index in [4.69, 9.17) is 9.47 Å². The first-order chi connectivity index (χ1) is 16.6. The molecule has 2 unspecified atom stereocenters. The Balaban J connectivity index is 1.37.